The highest BCUT2D eigenvalue weighted by Crippen LogP contribution is 2.27. The second-order valence-electron chi connectivity index (χ2n) is 7.33. The SMILES string of the molecule is O=C(NCC(c1ccsc1)N1CCC1)C(=O)Nc1cccc(N2CCCC2=O)c1. The molecular formula is C21H24N4O3S. The van der Waals surface area contributed by atoms with Crippen LogP contribution in [0, 0.1) is 0 Å². The Labute approximate surface area is 173 Å². The predicted molar refractivity (Wildman–Crippen MR) is 113 cm³/mol. The van der Waals surface area contributed by atoms with Gasteiger partial charge in [-0.2, -0.15) is 11.3 Å². The highest BCUT2D eigenvalue weighted by atomic mass is 32.1. The molecule has 3 amide bonds. The van der Waals surface area contributed by atoms with E-state index in [-0.39, 0.29) is 11.9 Å². The van der Waals surface area contributed by atoms with Crippen molar-refractivity contribution < 1.29 is 14.4 Å². The van der Waals surface area contributed by atoms with Crippen LogP contribution in [-0.4, -0.2) is 48.8 Å². The first-order valence-corrected chi connectivity index (χ1v) is 10.8. The summed E-state index contributed by atoms with van der Waals surface area (Å²) in [6.07, 6.45) is 2.53. The van der Waals surface area contributed by atoms with Gasteiger partial charge in [-0.05, 0) is 53.4 Å². The van der Waals surface area contributed by atoms with E-state index >= 15 is 0 Å². The Balaban J connectivity index is 1.35. The van der Waals surface area contributed by atoms with E-state index in [1.807, 2.05) is 11.4 Å². The quantitative estimate of drug-likeness (QED) is 0.714. The maximum atomic E-state index is 12.3. The molecule has 1 atom stereocenters. The number of amides is 3. The fraction of sp³-hybridized carbons (Fsp3) is 0.381. The van der Waals surface area contributed by atoms with Crippen molar-refractivity contribution in [2.45, 2.75) is 25.3 Å². The third-order valence-electron chi connectivity index (χ3n) is 5.41. The maximum Gasteiger partial charge on any atom is 0.313 e. The minimum Gasteiger partial charge on any atom is -0.346 e. The number of anilines is 2. The second-order valence-corrected chi connectivity index (χ2v) is 8.11. The van der Waals surface area contributed by atoms with Crippen molar-refractivity contribution in [2.75, 3.05) is 36.4 Å². The van der Waals surface area contributed by atoms with Gasteiger partial charge in [0.1, 0.15) is 0 Å². The van der Waals surface area contributed by atoms with Crippen LogP contribution in [0.3, 0.4) is 0 Å². The molecule has 3 heterocycles. The number of hydrogen-bond acceptors (Lipinski definition) is 5. The van der Waals surface area contributed by atoms with Gasteiger partial charge in [0.05, 0.1) is 6.04 Å². The van der Waals surface area contributed by atoms with Crippen LogP contribution in [0.2, 0.25) is 0 Å². The van der Waals surface area contributed by atoms with E-state index in [2.05, 4.69) is 27.0 Å². The van der Waals surface area contributed by atoms with Crippen molar-refractivity contribution in [2.24, 2.45) is 0 Å². The molecule has 4 rings (SSSR count). The lowest BCUT2D eigenvalue weighted by Gasteiger charge is -2.38. The maximum absolute atomic E-state index is 12.3. The fourth-order valence-electron chi connectivity index (χ4n) is 3.70. The molecule has 2 aliphatic rings. The number of carbonyl (C=O) groups excluding carboxylic acids is 3. The molecule has 0 spiro atoms. The van der Waals surface area contributed by atoms with Gasteiger partial charge < -0.3 is 15.5 Å². The largest absolute Gasteiger partial charge is 0.346 e. The molecule has 1 aromatic heterocycles. The predicted octanol–water partition coefficient (Wildman–Crippen LogP) is 2.38. The van der Waals surface area contributed by atoms with Crippen molar-refractivity contribution in [3.8, 4) is 0 Å². The summed E-state index contributed by atoms with van der Waals surface area (Å²) < 4.78 is 0. The molecule has 29 heavy (non-hydrogen) atoms. The molecule has 2 N–H and O–H groups in total. The summed E-state index contributed by atoms with van der Waals surface area (Å²) in [4.78, 5) is 40.6. The van der Waals surface area contributed by atoms with Crippen LogP contribution in [0.25, 0.3) is 0 Å². The molecule has 152 valence electrons. The van der Waals surface area contributed by atoms with Gasteiger partial charge in [-0.25, -0.2) is 0 Å². The van der Waals surface area contributed by atoms with Gasteiger partial charge in [0.25, 0.3) is 0 Å². The highest BCUT2D eigenvalue weighted by Gasteiger charge is 2.27. The van der Waals surface area contributed by atoms with Gasteiger partial charge in [0.2, 0.25) is 5.91 Å². The molecule has 2 aromatic rings. The van der Waals surface area contributed by atoms with Crippen LogP contribution in [0.5, 0.6) is 0 Å². The summed E-state index contributed by atoms with van der Waals surface area (Å²) in [6, 6.07) is 9.19. The number of nitrogens with one attached hydrogen (secondary N) is 2. The number of carbonyl (C=O) groups is 3. The van der Waals surface area contributed by atoms with Gasteiger partial charge in [-0.3, -0.25) is 19.3 Å². The standard InChI is InChI=1S/C21H24N4O3S/c26-19-6-2-10-25(19)17-5-1-4-16(12-17)23-21(28)20(27)22-13-18(24-8-3-9-24)15-7-11-29-14-15/h1,4-5,7,11-12,14,18H,2-3,6,8-10,13H2,(H,22,27)(H,23,28). The molecule has 0 radical (unpaired) electrons. The van der Waals surface area contributed by atoms with Gasteiger partial charge in [-0.1, -0.05) is 6.07 Å². The number of likely N-dealkylation sites (tertiary alicyclic amines) is 1. The van der Waals surface area contributed by atoms with Crippen LogP contribution in [0.15, 0.2) is 41.1 Å². The molecule has 0 bridgehead atoms. The summed E-state index contributed by atoms with van der Waals surface area (Å²) in [6.45, 7) is 3.08. The Morgan fingerprint density at radius 2 is 1.97 bits per heavy atom. The lowest BCUT2D eigenvalue weighted by atomic mass is 10.0. The smallest absolute Gasteiger partial charge is 0.313 e. The Morgan fingerprint density at radius 1 is 1.10 bits per heavy atom. The minimum atomic E-state index is -0.706. The van der Waals surface area contributed by atoms with Crippen molar-refractivity contribution >= 4 is 40.4 Å². The van der Waals surface area contributed by atoms with Crippen molar-refractivity contribution in [1.29, 1.82) is 0 Å². The summed E-state index contributed by atoms with van der Waals surface area (Å²) in [5, 5.41) is 9.51. The zero-order chi connectivity index (χ0) is 20.2. The highest BCUT2D eigenvalue weighted by molar-refractivity contribution is 7.08. The van der Waals surface area contributed by atoms with Crippen LogP contribution >= 0.6 is 11.3 Å². The minimum absolute atomic E-state index is 0.0803. The Bertz CT molecular complexity index is 895. The van der Waals surface area contributed by atoms with Crippen molar-refractivity contribution in [1.82, 2.24) is 10.2 Å². The fourth-order valence-corrected chi connectivity index (χ4v) is 4.41. The topological polar surface area (TPSA) is 81.8 Å². The zero-order valence-electron chi connectivity index (χ0n) is 16.1. The van der Waals surface area contributed by atoms with E-state index in [4.69, 9.17) is 0 Å². The summed E-state index contributed by atoms with van der Waals surface area (Å²) >= 11 is 1.63. The third kappa shape index (κ3) is 4.49. The molecule has 2 fully saturated rings. The molecule has 1 unspecified atom stereocenters. The van der Waals surface area contributed by atoms with E-state index in [1.165, 1.54) is 5.56 Å². The summed E-state index contributed by atoms with van der Waals surface area (Å²) in [5.74, 6) is -1.28. The van der Waals surface area contributed by atoms with E-state index < -0.39 is 11.8 Å². The molecule has 2 saturated heterocycles. The molecule has 2 aliphatic heterocycles. The Kier molecular flexibility index (Phi) is 5.92. The summed E-state index contributed by atoms with van der Waals surface area (Å²) in [5.41, 5.74) is 2.40. The Hall–Kier alpha value is -2.71. The number of nitrogens with zero attached hydrogens (tertiary/aromatic N) is 2. The molecule has 0 saturated carbocycles. The number of hydrogen-bond donors (Lipinski definition) is 2. The molecule has 8 heteroatoms. The van der Waals surface area contributed by atoms with Gasteiger partial charge in [0, 0.05) is 44.0 Å². The zero-order valence-corrected chi connectivity index (χ0v) is 16.9. The lowest BCUT2D eigenvalue weighted by Crippen LogP contribution is -2.46. The summed E-state index contributed by atoms with van der Waals surface area (Å²) in [7, 11) is 0. The average Bonchev–Trinajstić information content (AvgIpc) is 3.35. The average molecular weight is 413 g/mol. The molecular weight excluding hydrogens is 388 g/mol. The molecule has 0 aliphatic carbocycles. The van der Waals surface area contributed by atoms with Crippen molar-refractivity contribution in [3.05, 3.63) is 46.7 Å². The van der Waals surface area contributed by atoms with E-state index in [0.29, 0.717) is 25.2 Å². The molecule has 1 aromatic carbocycles. The van der Waals surface area contributed by atoms with Crippen molar-refractivity contribution in [3.63, 3.8) is 0 Å². The number of rotatable bonds is 6. The number of thiophene rings is 1. The number of benzene rings is 1. The van der Waals surface area contributed by atoms with E-state index in [1.54, 1.807) is 34.4 Å². The first kappa shape index (κ1) is 19.6. The first-order valence-electron chi connectivity index (χ1n) is 9.87. The Morgan fingerprint density at radius 3 is 2.62 bits per heavy atom. The third-order valence-corrected chi connectivity index (χ3v) is 6.11. The lowest BCUT2D eigenvalue weighted by molar-refractivity contribution is -0.136. The van der Waals surface area contributed by atoms with E-state index in [0.717, 1.165) is 31.6 Å². The first-order chi connectivity index (χ1) is 14.1. The normalized spacial score (nSPS) is 17.7. The van der Waals surface area contributed by atoms with Crippen LogP contribution in [0.1, 0.15) is 30.9 Å². The van der Waals surface area contributed by atoms with Gasteiger partial charge in [-0.15, -0.1) is 0 Å². The molecule has 7 nitrogen and oxygen atoms in total. The van der Waals surface area contributed by atoms with Crippen LogP contribution in [-0.2, 0) is 14.4 Å². The van der Waals surface area contributed by atoms with E-state index in [9.17, 15) is 14.4 Å². The van der Waals surface area contributed by atoms with Gasteiger partial charge in [0.15, 0.2) is 0 Å². The van der Waals surface area contributed by atoms with Crippen LogP contribution < -0.4 is 15.5 Å². The second kappa shape index (κ2) is 8.75. The van der Waals surface area contributed by atoms with Crippen LogP contribution in [0.4, 0.5) is 11.4 Å². The van der Waals surface area contributed by atoms with Gasteiger partial charge >= 0.3 is 11.8 Å². The monoisotopic (exact) mass is 412 g/mol.